The molecule has 7 nitrogen and oxygen atoms in total. The fraction of sp³-hybridized carbons (Fsp3) is 0.522. The van der Waals surface area contributed by atoms with E-state index in [-0.39, 0.29) is 11.9 Å². The maximum absolute atomic E-state index is 12.8. The van der Waals surface area contributed by atoms with E-state index in [0.717, 1.165) is 30.8 Å². The lowest BCUT2D eigenvalue weighted by molar-refractivity contribution is -0.159. The zero-order valence-electron chi connectivity index (χ0n) is 17.5. The van der Waals surface area contributed by atoms with Crippen LogP contribution in [0.2, 0.25) is 0 Å². The van der Waals surface area contributed by atoms with Crippen molar-refractivity contribution in [2.45, 2.75) is 39.0 Å². The van der Waals surface area contributed by atoms with Crippen molar-refractivity contribution < 1.29 is 29.3 Å². The summed E-state index contributed by atoms with van der Waals surface area (Å²) in [6, 6.07) is 10.3. The third-order valence-corrected chi connectivity index (χ3v) is 5.59. The van der Waals surface area contributed by atoms with Crippen molar-refractivity contribution in [2.24, 2.45) is 11.8 Å². The van der Waals surface area contributed by atoms with Gasteiger partial charge >= 0.3 is 17.9 Å². The molecule has 0 bridgehead atoms. The SMILES string of the molecule is CCN1CC=C(c2ccccc2)C(C(=O)OCC2CCCCC2)C1.O=C(O)C(=O)O. The number of ether oxygens (including phenoxy) is 1. The van der Waals surface area contributed by atoms with Crippen LogP contribution in [0.5, 0.6) is 0 Å². The summed E-state index contributed by atoms with van der Waals surface area (Å²) in [6.07, 6.45) is 8.52. The van der Waals surface area contributed by atoms with Crippen molar-refractivity contribution in [3.05, 3.63) is 42.0 Å². The average Bonchev–Trinajstić information content (AvgIpc) is 2.78. The number of nitrogens with zero attached hydrogens (tertiary/aromatic N) is 1. The van der Waals surface area contributed by atoms with E-state index in [2.05, 4.69) is 30.0 Å². The van der Waals surface area contributed by atoms with E-state index >= 15 is 0 Å². The number of hydrogen-bond acceptors (Lipinski definition) is 5. The number of aliphatic carboxylic acids is 2. The van der Waals surface area contributed by atoms with Gasteiger partial charge in [0.25, 0.3) is 0 Å². The van der Waals surface area contributed by atoms with Gasteiger partial charge in [-0.25, -0.2) is 9.59 Å². The third-order valence-electron chi connectivity index (χ3n) is 5.59. The zero-order chi connectivity index (χ0) is 21.9. The Hall–Kier alpha value is -2.67. The van der Waals surface area contributed by atoms with Crippen molar-refractivity contribution in [2.75, 3.05) is 26.2 Å². The van der Waals surface area contributed by atoms with Gasteiger partial charge in [0.15, 0.2) is 0 Å². The van der Waals surface area contributed by atoms with Crippen LogP contribution in [0.25, 0.3) is 5.57 Å². The molecule has 1 heterocycles. The van der Waals surface area contributed by atoms with E-state index in [0.29, 0.717) is 12.5 Å². The summed E-state index contributed by atoms with van der Waals surface area (Å²) in [5, 5.41) is 14.8. The van der Waals surface area contributed by atoms with Crippen LogP contribution >= 0.6 is 0 Å². The lowest BCUT2D eigenvalue weighted by Crippen LogP contribution is -2.38. The van der Waals surface area contributed by atoms with Gasteiger partial charge in [-0.05, 0) is 36.4 Å². The number of carboxylic acids is 2. The molecule has 7 heteroatoms. The van der Waals surface area contributed by atoms with Crippen LogP contribution < -0.4 is 0 Å². The number of hydrogen-bond donors (Lipinski definition) is 2. The van der Waals surface area contributed by atoms with Crippen molar-refractivity contribution in [3.8, 4) is 0 Å². The summed E-state index contributed by atoms with van der Waals surface area (Å²) < 4.78 is 5.76. The standard InChI is InChI=1S/C21H29NO2.C2H2O4/c1-2-22-14-13-19(18-11-7-4-8-12-18)20(15-22)21(23)24-16-17-9-5-3-6-10-17;3-1(4)2(5)6/h4,7-8,11-13,17,20H,2-3,5-6,9-10,14-16H2,1H3;(H,3,4)(H,5,6). The molecule has 0 aromatic heterocycles. The van der Waals surface area contributed by atoms with E-state index in [4.69, 9.17) is 24.5 Å². The second kappa shape index (κ2) is 12.1. The van der Waals surface area contributed by atoms with Crippen molar-refractivity contribution in [1.82, 2.24) is 4.90 Å². The molecule has 1 unspecified atom stereocenters. The summed E-state index contributed by atoms with van der Waals surface area (Å²) in [5.74, 6) is -3.29. The molecule has 0 spiro atoms. The van der Waals surface area contributed by atoms with Gasteiger partial charge in [0, 0.05) is 13.1 Å². The number of carbonyl (C=O) groups is 3. The van der Waals surface area contributed by atoms with E-state index in [1.807, 2.05) is 18.2 Å². The highest BCUT2D eigenvalue weighted by Crippen LogP contribution is 2.30. The molecular weight excluding hydrogens is 386 g/mol. The maximum Gasteiger partial charge on any atom is 0.414 e. The predicted molar refractivity (Wildman–Crippen MR) is 113 cm³/mol. The van der Waals surface area contributed by atoms with Crippen LogP contribution in [0.15, 0.2) is 36.4 Å². The van der Waals surface area contributed by atoms with Gasteiger partial charge in [0.05, 0.1) is 12.5 Å². The van der Waals surface area contributed by atoms with Crippen LogP contribution in [-0.2, 0) is 19.1 Å². The highest BCUT2D eigenvalue weighted by atomic mass is 16.5. The van der Waals surface area contributed by atoms with Crippen LogP contribution in [0.3, 0.4) is 0 Å². The summed E-state index contributed by atoms with van der Waals surface area (Å²) in [5.41, 5.74) is 2.28. The predicted octanol–water partition coefficient (Wildman–Crippen LogP) is 3.30. The Kier molecular flexibility index (Phi) is 9.54. The quantitative estimate of drug-likeness (QED) is 0.559. The molecule has 2 aliphatic rings. The Morgan fingerprint density at radius 3 is 2.23 bits per heavy atom. The topological polar surface area (TPSA) is 104 Å². The van der Waals surface area contributed by atoms with Gasteiger partial charge in [0.2, 0.25) is 0 Å². The fourth-order valence-corrected chi connectivity index (χ4v) is 3.86. The highest BCUT2D eigenvalue weighted by Gasteiger charge is 2.31. The minimum absolute atomic E-state index is 0.0474. The number of likely N-dealkylation sites (N-methyl/N-ethyl adjacent to an activating group) is 1. The molecule has 1 aliphatic carbocycles. The van der Waals surface area contributed by atoms with Crippen LogP contribution in [0.4, 0.5) is 0 Å². The molecule has 1 atom stereocenters. The lowest BCUT2D eigenvalue weighted by Gasteiger charge is -2.31. The molecule has 2 N–H and O–H groups in total. The second-order valence-electron chi connectivity index (χ2n) is 7.67. The first kappa shape index (κ1) is 23.6. The highest BCUT2D eigenvalue weighted by molar-refractivity contribution is 6.27. The Morgan fingerprint density at radius 1 is 1.03 bits per heavy atom. The monoisotopic (exact) mass is 417 g/mol. The first-order valence-corrected chi connectivity index (χ1v) is 10.5. The van der Waals surface area contributed by atoms with Gasteiger partial charge < -0.3 is 14.9 Å². The largest absolute Gasteiger partial charge is 0.473 e. The fourth-order valence-electron chi connectivity index (χ4n) is 3.86. The Balaban J connectivity index is 0.000000469. The third kappa shape index (κ3) is 7.30. The van der Waals surface area contributed by atoms with Gasteiger partial charge in [0.1, 0.15) is 0 Å². The Labute approximate surface area is 177 Å². The lowest BCUT2D eigenvalue weighted by atomic mass is 9.88. The smallest absolute Gasteiger partial charge is 0.414 e. The summed E-state index contributed by atoms with van der Waals surface area (Å²) >= 11 is 0. The van der Waals surface area contributed by atoms with E-state index in [9.17, 15) is 4.79 Å². The number of esters is 1. The summed E-state index contributed by atoms with van der Waals surface area (Å²) in [7, 11) is 0. The molecule has 0 saturated heterocycles. The normalized spacial score (nSPS) is 19.8. The summed E-state index contributed by atoms with van der Waals surface area (Å²) in [6.45, 7) is 5.38. The van der Waals surface area contributed by atoms with Crippen molar-refractivity contribution in [1.29, 1.82) is 0 Å². The molecule has 1 aromatic carbocycles. The van der Waals surface area contributed by atoms with E-state index < -0.39 is 11.9 Å². The van der Waals surface area contributed by atoms with Crippen LogP contribution in [0.1, 0.15) is 44.6 Å². The number of carboxylic acid groups (broad SMARTS) is 2. The molecule has 1 fully saturated rings. The zero-order valence-corrected chi connectivity index (χ0v) is 17.5. The second-order valence-corrected chi connectivity index (χ2v) is 7.67. The Bertz CT molecular complexity index is 727. The van der Waals surface area contributed by atoms with Gasteiger partial charge in [-0.2, -0.15) is 0 Å². The van der Waals surface area contributed by atoms with Crippen LogP contribution in [-0.4, -0.2) is 59.3 Å². The van der Waals surface area contributed by atoms with Gasteiger partial charge in [-0.1, -0.05) is 62.6 Å². The molecule has 0 radical (unpaired) electrons. The molecule has 1 aliphatic heterocycles. The molecule has 1 aromatic rings. The van der Waals surface area contributed by atoms with Crippen LogP contribution in [0, 0.1) is 11.8 Å². The van der Waals surface area contributed by atoms with Gasteiger partial charge in [-0.3, -0.25) is 9.69 Å². The molecule has 0 amide bonds. The molecule has 164 valence electrons. The number of benzene rings is 1. The molecule has 30 heavy (non-hydrogen) atoms. The summed E-state index contributed by atoms with van der Waals surface area (Å²) in [4.78, 5) is 33.3. The first-order chi connectivity index (χ1) is 14.4. The minimum Gasteiger partial charge on any atom is -0.473 e. The first-order valence-electron chi connectivity index (χ1n) is 10.5. The van der Waals surface area contributed by atoms with Gasteiger partial charge in [-0.15, -0.1) is 0 Å². The Morgan fingerprint density at radius 2 is 1.67 bits per heavy atom. The van der Waals surface area contributed by atoms with E-state index in [1.54, 1.807) is 0 Å². The molecule has 3 rings (SSSR count). The average molecular weight is 418 g/mol. The minimum atomic E-state index is -1.82. The number of rotatable bonds is 5. The van der Waals surface area contributed by atoms with E-state index in [1.165, 1.54) is 32.1 Å². The number of carbonyl (C=O) groups excluding carboxylic acids is 1. The van der Waals surface area contributed by atoms with Crippen molar-refractivity contribution >= 4 is 23.5 Å². The maximum atomic E-state index is 12.8. The van der Waals surface area contributed by atoms with Crippen molar-refractivity contribution in [3.63, 3.8) is 0 Å². The molecule has 1 saturated carbocycles. The molecular formula is C23H31NO6.